The van der Waals surface area contributed by atoms with Gasteiger partial charge in [0.2, 0.25) is 0 Å². The highest BCUT2D eigenvalue weighted by atomic mass is 32.1. The second-order valence-electron chi connectivity index (χ2n) is 35.4. The number of thiophene rings is 1. The van der Waals surface area contributed by atoms with E-state index in [2.05, 4.69) is 405 Å². The largest absolute Gasteiger partial charge is 0.309 e. The molecule has 0 unspecified atom stereocenters. The van der Waals surface area contributed by atoms with Crippen molar-refractivity contribution in [2.24, 2.45) is 0 Å². The minimum absolute atomic E-state index is 0.00148. The fraction of sp³-hybridized carbons (Fsp3) is 0.151. The molecular formula is C106H86N6S. The Morgan fingerprint density at radius 3 is 0.814 bits per heavy atom. The summed E-state index contributed by atoms with van der Waals surface area (Å²) in [6.45, 7) is 27.7. The lowest BCUT2D eigenvalue weighted by Crippen LogP contribution is -2.10. The maximum Gasteiger partial charge on any atom is 0.109 e. The number of fused-ring (bicyclic) bond motifs is 19. The Balaban J connectivity index is 0.792. The van der Waals surface area contributed by atoms with Crippen molar-refractivity contribution < 1.29 is 0 Å². The molecule has 0 N–H and O–H groups in total. The molecule has 7 heteroatoms. The summed E-state index contributed by atoms with van der Waals surface area (Å²) in [6, 6.07) is 114. The Labute approximate surface area is 662 Å². The minimum atomic E-state index is 0.00148. The topological polar surface area (TPSA) is 45.5 Å². The van der Waals surface area contributed by atoms with Gasteiger partial charge in [-0.1, -0.05) is 253 Å². The first-order chi connectivity index (χ1) is 54.5. The van der Waals surface area contributed by atoms with Crippen molar-refractivity contribution in [2.45, 2.75) is 105 Å². The lowest BCUT2D eigenvalue weighted by molar-refractivity contribution is 0.590. The van der Waals surface area contributed by atoms with Gasteiger partial charge in [0.15, 0.2) is 0 Å². The van der Waals surface area contributed by atoms with Crippen molar-refractivity contribution in [1.82, 2.24) is 28.2 Å². The summed E-state index contributed by atoms with van der Waals surface area (Å²) in [6.07, 6.45) is 0. The van der Waals surface area contributed by atoms with E-state index in [1.54, 1.807) is 11.3 Å². The molecule has 6 aromatic heterocycles. The van der Waals surface area contributed by atoms with Crippen LogP contribution in [0.3, 0.4) is 0 Å². The summed E-state index contributed by atoms with van der Waals surface area (Å²) < 4.78 is 9.76. The van der Waals surface area contributed by atoms with Gasteiger partial charge in [-0.15, -0.1) is 11.3 Å². The van der Waals surface area contributed by atoms with Crippen LogP contribution in [0.1, 0.15) is 105 Å². The van der Waals surface area contributed by atoms with Gasteiger partial charge in [-0.2, -0.15) is 0 Å². The van der Waals surface area contributed by atoms with Crippen LogP contribution in [-0.2, 0) is 21.7 Å². The summed E-state index contributed by atoms with van der Waals surface area (Å²) >= 11 is 1.80. The highest BCUT2D eigenvalue weighted by Crippen LogP contribution is 2.50. The minimum Gasteiger partial charge on any atom is -0.309 e. The molecule has 0 aliphatic carbocycles. The molecule has 0 bridgehead atoms. The van der Waals surface area contributed by atoms with Crippen LogP contribution in [0.2, 0.25) is 0 Å². The number of hydrogen-bond acceptors (Lipinski definition) is 3. The predicted octanol–water partition coefficient (Wildman–Crippen LogP) is 29.4. The molecule has 15 aromatic carbocycles. The zero-order valence-electron chi connectivity index (χ0n) is 66.0. The van der Waals surface area contributed by atoms with Gasteiger partial charge in [0.25, 0.3) is 0 Å². The Morgan fingerprint density at radius 2 is 0.469 bits per heavy atom. The number of nitrogens with zero attached hydrogens (tertiary/aromatic N) is 6. The van der Waals surface area contributed by atoms with Gasteiger partial charge in [0, 0.05) is 76.6 Å². The Morgan fingerprint density at radius 1 is 0.195 bits per heavy atom. The lowest BCUT2D eigenvalue weighted by Gasteiger charge is -2.19. The van der Waals surface area contributed by atoms with E-state index in [9.17, 15) is 0 Å². The fourth-order valence-corrected chi connectivity index (χ4v) is 19.2. The SMILES string of the molecule is CC(C)(C)c1ccc2c(c1)c1cc(C(C)(C)C)ccc1n2-c1ccc(-c2ccc3c4ccc(-c5ccc(-n6c7ccc(C(C)(C)C)cc7c7cc(C(C)(C)C)ccc76)cc5)cc4c4nc5c(-c6ccc7c8ccccc8n(-c8ccccc8)c7c6)sc(-c6ccc7c8ccccc8n(-c8ccccc8)c7c6)c5nc4c3c2)cc1. The van der Waals surface area contributed by atoms with Gasteiger partial charge in [0.1, 0.15) is 11.0 Å². The van der Waals surface area contributed by atoms with E-state index in [1.807, 2.05) is 0 Å². The normalized spacial score (nSPS) is 12.8. The van der Waals surface area contributed by atoms with Crippen LogP contribution in [0.15, 0.2) is 303 Å². The fourth-order valence-electron chi connectivity index (χ4n) is 18.0. The third-order valence-corrected chi connectivity index (χ3v) is 25.4. The molecule has 0 aliphatic rings. The second kappa shape index (κ2) is 24.9. The summed E-state index contributed by atoms with van der Waals surface area (Å²) in [5.74, 6) is 0. The number of hydrogen-bond donors (Lipinski definition) is 0. The predicted molar refractivity (Wildman–Crippen MR) is 484 cm³/mol. The molecule has 0 saturated heterocycles. The van der Waals surface area contributed by atoms with Crippen molar-refractivity contribution in [3.63, 3.8) is 0 Å². The molecule has 0 spiro atoms. The van der Waals surface area contributed by atoms with Gasteiger partial charge in [-0.3, -0.25) is 0 Å². The maximum atomic E-state index is 6.19. The second-order valence-corrected chi connectivity index (χ2v) is 36.5. The zero-order chi connectivity index (χ0) is 76.9. The molecule has 0 saturated carbocycles. The molecule has 546 valence electrons. The van der Waals surface area contributed by atoms with Crippen LogP contribution in [0, 0.1) is 0 Å². The molecule has 6 heterocycles. The van der Waals surface area contributed by atoms with Gasteiger partial charge in [-0.05, 0) is 222 Å². The molecule has 0 atom stereocenters. The number of rotatable bonds is 8. The van der Waals surface area contributed by atoms with E-state index in [0.29, 0.717) is 0 Å². The van der Waals surface area contributed by atoms with Crippen molar-refractivity contribution in [2.75, 3.05) is 0 Å². The van der Waals surface area contributed by atoms with Crippen molar-refractivity contribution in [3.8, 4) is 65.9 Å². The number of para-hydroxylation sites is 4. The van der Waals surface area contributed by atoms with E-state index in [-0.39, 0.29) is 21.7 Å². The smallest absolute Gasteiger partial charge is 0.109 e. The van der Waals surface area contributed by atoms with E-state index in [0.717, 1.165) is 121 Å². The molecule has 0 fully saturated rings. The van der Waals surface area contributed by atoms with E-state index < -0.39 is 0 Å². The van der Waals surface area contributed by atoms with Crippen molar-refractivity contribution >= 4 is 142 Å². The quantitative estimate of drug-likeness (QED) is 0.142. The highest BCUT2D eigenvalue weighted by Gasteiger charge is 2.28. The van der Waals surface area contributed by atoms with Gasteiger partial charge in [0.05, 0.1) is 64.9 Å². The standard InChI is InChI=1S/C106H86N6S/c1-103(2,3)69-39-51-91-83(59-69)84-60-70(104(4,5)6)40-52-92(84)109(91)75-43-31-63(32-44-75)65-35-47-77-78-48-36-66(64-33-45-76(46-34-64)110-93-53-41-71(105(7,8)9)61-85(93)86-62-72(106(10,11)12)42-54-94(86)110)56-88(78)98-97(87(77)55-65)107-99-100(108-98)102(68-38-50-82-80-28-20-22-30-90(80)112(96(82)58-68)74-25-17-14-18-26-74)113-101(99)67-37-49-81-79-27-19-21-29-89(79)111(95(81)57-67)73-23-15-13-16-24-73/h13-62H,1-12H3. The molecule has 0 aliphatic heterocycles. The number of benzene rings is 15. The number of aromatic nitrogens is 6. The summed E-state index contributed by atoms with van der Waals surface area (Å²) in [5, 5.41) is 14.3. The molecule has 21 rings (SSSR count). The van der Waals surface area contributed by atoms with Crippen molar-refractivity contribution in [1.29, 1.82) is 0 Å². The summed E-state index contributed by atoms with van der Waals surface area (Å²) in [7, 11) is 0. The summed E-state index contributed by atoms with van der Waals surface area (Å²) in [4.78, 5) is 14.5. The van der Waals surface area contributed by atoms with E-state index in [4.69, 9.17) is 9.97 Å². The monoisotopic (exact) mass is 1470 g/mol. The highest BCUT2D eigenvalue weighted by molar-refractivity contribution is 7.21. The Hall–Kier alpha value is -12.7. The Kier molecular flexibility index (Phi) is 15.1. The van der Waals surface area contributed by atoms with E-state index >= 15 is 0 Å². The molecule has 0 radical (unpaired) electrons. The first-order valence-electron chi connectivity index (χ1n) is 39.8. The zero-order valence-corrected chi connectivity index (χ0v) is 66.8. The van der Waals surface area contributed by atoms with Crippen LogP contribution < -0.4 is 0 Å². The third kappa shape index (κ3) is 10.9. The maximum absolute atomic E-state index is 6.19. The Bertz CT molecular complexity index is 6950. The molecular weight excluding hydrogens is 1390 g/mol. The average molecular weight is 1480 g/mol. The van der Waals surface area contributed by atoms with Crippen LogP contribution in [-0.4, -0.2) is 28.2 Å². The first kappa shape index (κ1) is 68.4. The van der Waals surface area contributed by atoms with E-state index in [1.165, 1.54) is 98.4 Å². The average Bonchev–Trinajstić information content (AvgIpc) is 1.19. The van der Waals surface area contributed by atoms with Crippen LogP contribution in [0.4, 0.5) is 0 Å². The molecule has 6 nitrogen and oxygen atoms in total. The first-order valence-corrected chi connectivity index (χ1v) is 40.6. The third-order valence-electron chi connectivity index (χ3n) is 24.2. The van der Waals surface area contributed by atoms with Crippen LogP contribution >= 0.6 is 11.3 Å². The molecule has 21 aromatic rings. The lowest BCUT2D eigenvalue weighted by atomic mass is 9.85. The van der Waals surface area contributed by atoms with Gasteiger partial charge < -0.3 is 18.3 Å². The van der Waals surface area contributed by atoms with Gasteiger partial charge >= 0.3 is 0 Å². The summed E-state index contributed by atoms with van der Waals surface area (Å²) in [5.41, 5.74) is 29.3. The van der Waals surface area contributed by atoms with Crippen molar-refractivity contribution in [3.05, 3.63) is 326 Å². The van der Waals surface area contributed by atoms with Gasteiger partial charge in [-0.25, -0.2) is 9.97 Å². The van der Waals surface area contributed by atoms with Crippen LogP contribution in [0.25, 0.3) is 197 Å². The molecule has 0 amide bonds. The van der Waals surface area contributed by atoms with Crippen LogP contribution in [0.5, 0.6) is 0 Å². The molecule has 113 heavy (non-hydrogen) atoms.